The quantitative estimate of drug-likeness (QED) is 0.532. The fraction of sp³-hybridized carbons (Fsp3) is 0.400. The van der Waals surface area contributed by atoms with Crippen LogP contribution in [-0.4, -0.2) is 48.3 Å². The molecule has 31 heavy (non-hydrogen) atoms. The minimum absolute atomic E-state index is 0.120. The lowest BCUT2D eigenvalue weighted by atomic mass is 10.0. The van der Waals surface area contributed by atoms with E-state index in [0.717, 1.165) is 18.5 Å². The van der Waals surface area contributed by atoms with E-state index < -0.39 is 0 Å². The van der Waals surface area contributed by atoms with Crippen LogP contribution in [0.15, 0.2) is 48.5 Å². The molecule has 0 aromatic heterocycles. The van der Waals surface area contributed by atoms with E-state index in [0.29, 0.717) is 29.3 Å². The van der Waals surface area contributed by atoms with Gasteiger partial charge >= 0.3 is 0 Å². The Morgan fingerprint density at radius 2 is 1.81 bits per heavy atom. The molecule has 6 nitrogen and oxygen atoms in total. The van der Waals surface area contributed by atoms with Crippen LogP contribution >= 0.6 is 0 Å². The van der Waals surface area contributed by atoms with Crippen molar-refractivity contribution in [2.24, 2.45) is 0 Å². The smallest absolute Gasteiger partial charge is 0.261 e. The zero-order valence-corrected chi connectivity index (χ0v) is 18.0. The Kier molecular flexibility index (Phi) is 6.47. The highest BCUT2D eigenvalue weighted by molar-refractivity contribution is 6.21. The van der Waals surface area contributed by atoms with Gasteiger partial charge in [-0.25, -0.2) is 0 Å². The zero-order chi connectivity index (χ0) is 21.8. The van der Waals surface area contributed by atoms with Gasteiger partial charge in [-0.15, -0.1) is 0 Å². The maximum atomic E-state index is 12.6. The molecular formula is C25H30N3O3+. The van der Waals surface area contributed by atoms with Crippen molar-refractivity contribution in [2.75, 3.05) is 19.6 Å². The monoisotopic (exact) mass is 420 g/mol. The van der Waals surface area contributed by atoms with Crippen molar-refractivity contribution >= 4 is 17.7 Å². The molecule has 2 aliphatic heterocycles. The molecule has 4 rings (SSSR count). The first-order chi connectivity index (χ1) is 15.0. The van der Waals surface area contributed by atoms with E-state index in [-0.39, 0.29) is 24.3 Å². The van der Waals surface area contributed by atoms with Gasteiger partial charge in [0.25, 0.3) is 17.7 Å². The molecule has 2 atom stereocenters. The number of nitrogens with one attached hydrogen (secondary N) is 2. The van der Waals surface area contributed by atoms with Crippen molar-refractivity contribution < 1.29 is 19.3 Å². The summed E-state index contributed by atoms with van der Waals surface area (Å²) in [5, 5.41) is 3.01. The molecular weight excluding hydrogens is 390 g/mol. The van der Waals surface area contributed by atoms with Crippen LogP contribution in [0.5, 0.6) is 0 Å². The number of hydrogen-bond donors (Lipinski definition) is 2. The fourth-order valence-corrected chi connectivity index (χ4v) is 4.62. The van der Waals surface area contributed by atoms with Crippen molar-refractivity contribution in [2.45, 2.75) is 45.2 Å². The summed E-state index contributed by atoms with van der Waals surface area (Å²) in [7, 11) is 0. The second-order valence-electron chi connectivity index (χ2n) is 8.61. The van der Waals surface area contributed by atoms with Gasteiger partial charge in [0.1, 0.15) is 0 Å². The number of amides is 3. The molecule has 1 fully saturated rings. The number of imide groups is 1. The van der Waals surface area contributed by atoms with Crippen LogP contribution in [0.4, 0.5) is 0 Å². The molecule has 1 unspecified atom stereocenters. The molecule has 1 saturated heterocycles. The van der Waals surface area contributed by atoms with E-state index in [2.05, 4.69) is 12.2 Å². The predicted octanol–water partition coefficient (Wildman–Crippen LogP) is 2.06. The summed E-state index contributed by atoms with van der Waals surface area (Å²) < 4.78 is 0. The Morgan fingerprint density at radius 3 is 2.52 bits per heavy atom. The molecule has 2 aliphatic rings. The van der Waals surface area contributed by atoms with Gasteiger partial charge in [-0.1, -0.05) is 24.3 Å². The zero-order valence-electron chi connectivity index (χ0n) is 18.0. The number of benzene rings is 2. The summed E-state index contributed by atoms with van der Waals surface area (Å²) in [5.41, 5.74) is 2.18. The molecule has 6 heteroatoms. The average Bonchev–Trinajstić information content (AvgIpc) is 3.03. The predicted molar refractivity (Wildman–Crippen MR) is 118 cm³/mol. The van der Waals surface area contributed by atoms with Crippen molar-refractivity contribution in [1.82, 2.24) is 10.2 Å². The molecule has 2 N–H and O–H groups in total. The Bertz CT molecular complexity index is 952. The first kappa shape index (κ1) is 21.2. The largest absolute Gasteiger partial charge is 0.352 e. The number of fused-ring (bicyclic) bond motifs is 1. The third-order valence-corrected chi connectivity index (χ3v) is 6.45. The lowest BCUT2D eigenvalue weighted by Gasteiger charge is -2.30. The maximum absolute atomic E-state index is 12.6. The standard InChI is InChI=1S/C25H29N3O3/c1-18-8-4-5-14-27(18)15-7-13-26-23(29)20-10-6-9-19(16-20)17-28-24(30)21-11-2-3-12-22(21)25(28)31/h2-3,6,9-12,16,18H,4-5,7-8,13-15,17H2,1H3,(H,26,29)/p+1/t18-/m1/s1. The Hall–Kier alpha value is -2.99. The number of rotatable bonds is 7. The van der Waals surface area contributed by atoms with Gasteiger partial charge in [0.15, 0.2) is 0 Å². The van der Waals surface area contributed by atoms with Gasteiger partial charge in [-0.05, 0) is 56.0 Å². The lowest BCUT2D eigenvalue weighted by molar-refractivity contribution is -0.928. The first-order valence-electron chi connectivity index (χ1n) is 11.2. The number of carbonyl (C=O) groups excluding carboxylic acids is 3. The van der Waals surface area contributed by atoms with E-state index in [9.17, 15) is 14.4 Å². The molecule has 0 spiro atoms. The van der Waals surface area contributed by atoms with Crippen molar-refractivity contribution in [3.63, 3.8) is 0 Å². The Labute approximate surface area is 183 Å². The van der Waals surface area contributed by atoms with E-state index in [1.165, 1.54) is 30.7 Å². The van der Waals surface area contributed by atoms with Gasteiger partial charge in [0.2, 0.25) is 0 Å². The van der Waals surface area contributed by atoms with E-state index in [1.807, 2.05) is 6.07 Å². The van der Waals surface area contributed by atoms with E-state index in [4.69, 9.17) is 0 Å². The number of carbonyl (C=O) groups is 3. The van der Waals surface area contributed by atoms with Crippen molar-refractivity contribution in [1.29, 1.82) is 0 Å². The lowest BCUT2D eigenvalue weighted by Crippen LogP contribution is -3.16. The highest BCUT2D eigenvalue weighted by atomic mass is 16.2. The molecule has 0 radical (unpaired) electrons. The van der Waals surface area contributed by atoms with Gasteiger partial charge in [0, 0.05) is 18.5 Å². The van der Waals surface area contributed by atoms with Gasteiger partial charge in [-0.2, -0.15) is 0 Å². The van der Waals surface area contributed by atoms with Gasteiger partial charge in [-0.3, -0.25) is 19.3 Å². The van der Waals surface area contributed by atoms with E-state index >= 15 is 0 Å². The second-order valence-corrected chi connectivity index (χ2v) is 8.61. The Balaban J connectivity index is 1.31. The van der Waals surface area contributed by atoms with Crippen LogP contribution in [0, 0.1) is 0 Å². The molecule has 162 valence electrons. The minimum atomic E-state index is -0.287. The van der Waals surface area contributed by atoms with Gasteiger partial charge < -0.3 is 10.2 Å². The third-order valence-electron chi connectivity index (χ3n) is 6.45. The number of nitrogens with zero attached hydrogens (tertiary/aromatic N) is 1. The highest BCUT2D eigenvalue weighted by Crippen LogP contribution is 2.24. The normalized spacial score (nSPS) is 20.6. The van der Waals surface area contributed by atoms with Crippen molar-refractivity contribution in [3.05, 3.63) is 70.8 Å². The molecule has 0 aliphatic carbocycles. The summed E-state index contributed by atoms with van der Waals surface area (Å²) in [6, 6.07) is 14.7. The number of quaternary nitrogens is 1. The van der Waals surface area contributed by atoms with E-state index in [1.54, 1.807) is 47.4 Å². The van der Waals surface area contributed by atoms with Crippen LogP contribution in [0.1, 0.15) is 69.2 Å². The average molecular weight is 421 g/mol. The molecule has 2 aromatic rings. The summed E-state index contributed by atoms with van der Waals surface area (Å²) in [4.78, 5) is 40.6. The molecule has 2 aromatic carbocycles. The molecule has 3 amide bonds. The van der Waals surface area contributed by atoms with Crippen LogP contribution in [0.2, 0.25) is 0 Å². The third kappa shape index (κ3) is 4.69. The van der Waals surface area contributed by atoms with Gasteiger partial charge in [0.05, 0.1) is 36.8 Å². The molecule has 0 saturated carbocycles. The van der Waals surface area contributed by atoms with Crippen LogP contribution in [0.25, 0.3) is 0 Å². The van der Waals surface area contributed by atoms with Crippen LogP contribution in [-0.2, 0) is 6.54 Å². The first-order valence-corrected chi connectivity index (χ1v) is 11.2. The summed E-state index contributed by atoms with van der Waals surface area (Å²) in [6.45, 7) is 5.44. The maximum Gasteiger partial charge on any atom is 0.261 e. The summed E-state index contributed by atoms with van der Waals surface area (Å²) >= 11 is 0. The van der Waals surface area contributed by atoms with Crippen LogP contribution in [0.3, 0.4) is 0 Å². The van der Waals surface area contributed by atoms with Crippen molar-refractivity contribution in [3.8, 4) is 0 Å². The minimum Gasteiger partial charge on any atom is -0.352 e. The number of likely N-dealkylation sites (tertiary alicyclic amines) is 1. The molecule has 0 bridgehead atoms. The highest BCUT2D eigenvalue weighted by Gasteiger charge is 2.35. The summed E-state index contributed by atoms with van der Waals surface area (Å²) in [5.74, 6) is -0.694. The topological polar surface area (TPSA) is 70.9 Å². The molecule has 2 heterocycles. The SMILES string of the molecule is C[C@@H]1CCCC[NH+]1CCCNC(=O)c1cccc(CN2C(=O)c3ccccc3C2=O)c1. The fourth-order valence-electron chi connectivity index (χ4n) is 4.62. The van der Waals surface area contributed by atoms with Crippen LogP contribution < -0.4 is 10.2 Å². The summed E-state index contributed by atoms with van der Waals surface area (Å²) in [6.07, 6.45) is 4.88. The Morgan fingerprint density at radius 1 is 1.06 bits per heavy atom. The number of piperidine rings is 1. The second kappa shape index (κ2) is 9.43. The number of hydrogen-bond acceptors (Lipinski definition) is 3.